The van der Waals surface area contributed by atoms with Crippen LogP contribution < -0.4 is 4.74 Å². The van der Waals surface area contributed by atoms with Crippen LogP contribution in [0.25, 0.3) is 10.9 Å². The summed E-state index contributed by atoms with van der Waals surface area (Å²) in [5.41, 5.74) is 1.61. The second-order valence-electron chi connectivity index (χ2n) is 9.86. The van der Waals surface area contributed by atoms with Crippen LogP contribution in [0.4, 0.5) is 13.6 Å². The van der Waals surface area contributed by atoms with E-state index in [0.717, 1.165) is 25.1 Å². The van der Waals surface area contributed by atoms with E-state index in [1.807, 2.05) is 0 Å². The number of likely N-dealkylation sites (tertiary alicyclic amines) is 1. The fourth-order valence-corrected chi connectivity index (χ4v) is 5.75. The maximum absolute atomic E-state index is 13.8. The topological polar surface area (TPSA) is 89.1 Å². The Morgan fingerprint density at radius 2 is 1.97 bits per heavy atom. The number of ether oxygens (including phenoxy) is 1. The largest absolute Gasteiger partial charge is 0.508 e. The number of hydrogen-bond acceptors (Lipinski definition) is 5. The van der Waals surface area contributed by atoms with Crippen LogP contribution in [0.3, 0.4) is 0 Å². The number of benzene rings is 2. The normalized spacial score (nSPS) is 23.8. The van der Waals surface area contributed by atoms with Gasteiger partial charge >= 0.3 is 12.6 Å². The molecule has 2 N–H and O–H groups in total. The SMILES string of the molecule is CC12Cc3c([nH]c4ccc(OC(F)F)cc34)C(c3cccc(O)c3)N1C(=O)N(CCN1CCC1)C2=O. The highest BCUT2D eigenvalue weighted by Gasteiger charge is 2.60. The number of imide groups is 1. The van der Waals surface area contributed by atoms with Gasteiger partial charge in [0.05, 0.1) is 0 Å². The average Bonchev–Trinajstić information content (AvgIpc) is 3.23. The molecule has 0 aliphatic carbocycles. The molecule has 8 nitrogen and oxygen atoms in total. The van der Waals surface area contributed by atoms with E-state index < -0.39 is 18.2 Å². The zero-order valence-corrected chi connectivity index (χ0v) is 19.7. The molecular formula is C26H26F2N4O4. The summed E-state index contributed by atoms with van der Waals surface area (Å²) in [6.45, 7) is 1.65. The molecule has 6 rings (SSSR count). The monoisotopic (exact) mass is 496 g/mol. The summed E-state index contributed by atoms with van der Waals surface area (Å²) in [5.74, 6) is -0.221. The first kappa shape index (κ1) is 22.8. The second-order valence-corrected chi connectivity index (χ2v) is 9.86. The molecule has 0 saturated carbocycles. The Morgan fingerprint density at radius 3 is 2.67 bits per heavy atom. The van der Waals surface area contributed by atoms with Gasteiger partial charge in [-0.1, -0.05) is 12.1 Å². The van der Waals surface area contributed by atoms with E-state index in [9.17, 15) is 23.5 Å². The van der Waals surface area contributed by atoms with Gasteiger partial charge in [0.25, 0.3) is 5.91 Å². The smallest absolute Gasteiger partial charge is 0.387 e. The Kier molecular flexibility index (Phi) is 5.18. The molecule has 2 atom stereocenters. The lowest BCUT2D eigenvalue weighted by Crippen LogP contribution is -2.53. The number of hydrogen-bond donors (Lipinski definition) is 2. The van der Waals surface area contributed by atoms with Crippen LogP contribution in [0.1, 0.15) is 36.2 Å². The zero-order chi connectivity index (χ0) is 25.2. The number of phenolic OH excluding ortho intramolecular Hbond substituents is 1. The van der Waals surface area contributed by atoms with E-state index in [-0.39, 0.29) is 29.9 Å². The Bertz CT molecular complexity index is 1370. The second kappa shape index (κ2) is 8.19. The number of nitrogens with zero attached hydrogens (tertiary/aromatic N) is 3. The van der Waals surface area contributed by atoms with Crippen LogP contribution in [0, 0.1) is 0 Å². The molecule has 0 spiro atoms. The van der Waals surface area contributed by atoms with Gasteiger partial charge in [0.15, 0.2) is 0 Å². The molecular weight excluding hydrogens is 470 g/mol. The third kappa shape index (κ3) is 3.42. The van der Waals surface area contributed by atoms with Gasteiger partial charge in [-0.05, 0) is 67.9 Å². The summed E-state index contributed by atoms with van der Waals surface area (Å²) in [6, 6.07) is 10.2. The number of urea groups is 1. The van der Waals surface area contributed by atoms with Crippen molar-refractivity contribution in [3.63, 3.8) is 0 Å². The molecule has 2 saturated heterocycles. The van der Waals surface area contributed by atoms with E-state index >= 15 is 0 Å². The summed E-state index contributed by atoms with van der Waals surface area (Å²) < 4.78 is 30.4. The minimum absolute atomic E-state index is 0.0192. The maximum Gasteiger partial charge on any atom is 0.387 e. The van der Waals surface area contributed by atoms with Gasteiger partial charge in [-0.3, -0.25) is 14.6 Å². The zero-order valence-electron chi connectivity index (χ0n) is 19.7. The van der Waals surface area contributed by atoms with Crippen molar-refractivity contribution in [2.24, 2.45) is 0 Å². The highest BCUT2D eigenvalue weighted by molar-refractivity contribution is 6.08. The van der Waals surface area contributed by atoms with E-state index in [0.29, 0.717) is 35.2 Å². The van der Waals surface area contributed by atoms with Gasteiger partial charge in [-0.25, -0.2) is 4.79 Å². The molecule has 36 heavy (non-hydrogen) atoms. The number of fused-ring (bicyclic) bond motifs is 4. The van der Waals surface area contributed by atoms with Crippen LogP contribution in [0.15, 0.2) is 42.5 Å². The lowest BCUT2D eigenvalue weighted by Gasteiger charge is -2.42. The molecule has 1 aromatic heterocycles. The fraction of sp³-hybridized carbons (Fsp3) is 0.385. The van der Waals surface area contributed by atoms with Gasteiger partial charge in [-0.15, -0.1) is 0 Å². The summed E-state index contributed by atoms with van der Waals surface area (Å²) in [5, 5.41) is 10.9. The molecule has 3 aliphatic heterocycles. The molecule has 2 fully saturated rings. The Balaban J connectivity index is 1.48. The molecule has 188 valence electrons. The lowest BCUT2D eigenvalue weighted by atomic mass is 9.81. The van der Waals surface area contributed by atoms with Gasteiger partial charge in [-0.2, -0.15) is 8.78 Å². The number of nitrogens with one attached hydrogen (secondary N) is 1. The number of carbonyl (C=O) groups is 2. The molecule has 3 aliphatic rings. The van der Waals surface area contributed by atoms with Crippen LogP contribution in [-0.4, -0.2) is 75.1 Å². The molecule has 0 bridgehead atoms. The van der Waals surface area contributed by atoms with Crippen LogP contribution in [0.5, 0.6) is 11.5 Å². The van der Waals surface area contributed by atoms with Gasteiger partial charge in [0.1, 0.15) is 23.1 Å². The van der Waals surface area contributed by atoms with E-state index in [1.54, 1.807) is 42.2 Å². The molecule has 2 aromatic carbocycles. The predicted octanol–water partition coefficient (Wildman–Crippen LogP) is 3.85. The summed E-state index contributed by atoms with van der Waals surface area (Å²) in [7, 11) is 0. The Labute approximate surface area is 206 Å². The number of halogens is 2. The van der Waals surface area contributed by atoms with Crippen molar-refractivity contribution in [3.05, 3.63) is 59.3 Å². The molecule has 0 radical (unpaired) electrons. The quantitative estimate of drug-likeness (QED) is 0.506. The molecule has 4 heterocycles. The fourth-order valence-electron chi connectivity index (χ4n) is 5.75. The summed E-state index contributed by atoms with van der Waals surface area (Å²) >= 11 is 0. The predicted molar refractivity (Wildman–Crippen MR) is 127 cm³/mol. The lowest BCUT2D eigenvalue weighted by molar-refractivity contribution is -0.133. The van der Waals surface area contributed by atoms with Crippen molar-refractivity contribution in [1.82, 2.24) is 19.7 Å². The number of amides is 3. The summed E-state index contributed by atoms with van der Waals surface area (Å²) in [6.07, 6.45) is 1.34. The van der Waals surface area contributed by atoms with Gasteiger partial charge in [0, 0.05) is 36.1 Å². The van der Waals surface area contributed by atoms with Crippen molar-refractivity contribution in [2.75, 3.05) is 26.2 Å². The van der Waals surface area contributed by atoms with Crippen LogP contribution in [-0.2, 0) is 11.2 Å². The summed E-state index contributed by atoms with van der Waals surface area (Å²) in [4.78, 5) is 36.0. The van der Waals surface area contributed by atoms with E-state index in [1.165, 1.54) is 17.0 Å². The Morgan fingerprint density at radius 1 is 1.17 bits per heavy atom. The van der Waals surface area contributed by atoms with Crippen molar-refractivity contribution >= 4 is 22.8 Å². The standard InChI is InChI=1S/C26H26F2N4O4/c1-26-14-19-18-13-17(36-24(27)28)6-7-20(18)29-21(19)22(15-4-2-5-16(33)12-15)32(26)25(35)31(23(26)34)11-10-30-8-3-9-30/h2,4-7,12-13,22,24,29,33H,3,8-11,14H2,1H3. The third-order valence-electron chi connectivity index (χ3n) is 7.64. The first-order chi connectivity index (χ1) is 17.3. The molecule has 3 aromatic rings. The first-order valence-electron chi connectivity index (χ1n) is 12.0. The number of aromatic amines is 1. The highest BCUT2D eigenvalue weighted by atomic mass is 19.3. The Hall–Kier alpha value is -3.66. The van der Waals surface area contributed by atoms with Crippen molar-refractivity contribution in [3.8, 4) is 11.5 Å². The minimum Gasteiger partial charge on any atom is -0.508 e. The number of alkyl halides is 2. The number of carbonyl (C=O) groups excluding carboxylic acids is 2. The molecule has 10 heteroatoms. The van der Waals surface area contributed by atoms with Gasteiger partial charge in [0.2, 0.25) is 0 Å². The van der Waals surface area contributed by atoms with E-state index in [2.05, 4.69) is 14.6 Å². The maximum atomic E-state index is 13.8. The minimum atomic E-state index is -2.96. The molecule has 3 amide bonds. The van der Waals surface area contributed by atoms with E-state index in [4.69, 9.17) is 0 Å². The van der Waals surface area contributed by atoms with Crippen molar-refractivity contribution in [2.45, 2.75) is 38.0 Å². The molecule has 2 unspecified atom stereocenters. The van der Waals surface area contributed by atoms with Crippen molar-refractivity contribution in [1.29, 1.82) is 0 Å². The number of H-pyrrole nitrogens is 1. The third-order valence-corrected chi connectivity index (χ3v) is 7.64. The first-order valence-corrected chi connectivity index (χ1v) is 12.0. The average molecular weight is 497 g/mol. The highest BCUT2D eigenvalue weighted by Crippen LogP contribution is 2.49. The van der Waals surface area contributed by atoms with Gasteiger partial charge < -0.3 is 19.7 Å². The number of rotatable bonds is 6. The number of aromatic nitrogens is 1. The number of aromatic hydroxyl groups is 1. The van der Waals surface area contributed by atoms with Crippen LogP contribution in [0.2, 0.25) is 0 Å². The number of phenols is 1. The van der Waals surface area contributed by atoms with Crippen molar-refractivity contribution < 1.29 is 28.2 Å². The van der Waals surface area contributed by atoms with Crippen LogP contribution >= 0.6 is 0 Å².